The van der Waals surface area contributed by atoms with E-state index >= 15 is 0 Å². The maximum atomic E-state index is 3.40. The third-order valence-electron chi connectivity index (χ3n) is 3.30. The summed E-state index contributed by atoms with van der Waals surface area (Å²) in [5, 5.41) is 4.75. The van der Waals surface area contributed by atoms with Crippen LogP contribution in [-0.4, -0.2) is 18.1 Å². The molecule has 2 aromatic rings. The highest BCUT2D eigenvalue weighted by atomic mass is 14.9. The number of aromatic amines is 1. The van der Waals surface area contributed by atoms with Crippen molar-refractivity contribution in [2.75, 3.05) is 13.1 Å². The second-order valence-corrected chi connectivity index (χ2v) is 4.23. The number of hydrogen-bond donors (Lipinski definition) is 2. The van der Waals surface area contributed by atoms with Gasteiger partial charge in [0.05, 0.1) is 6.20 Å². The number of rotatable bonds is 1. The first kappa shape index (κ1) is 8.98. The zero-order valence-electron chi connectivity index (χ0n) is 8.72. The van der Waals surface area contributed by atoms with Crippen LogP contribution < -0.4 is 5.32 Å². The summed E-state index contributed by atoms with van der Waals surface area (Å²) in [6.45, 7) is 2.27. The summed E-state index contributed by atoms with van der Waals surface area (Å²) in [5.41, 5.74) is 2.60. The van der Waals surface area contributed by atoms with Gasteiger partial charge in [-0.1, -0.05) is 18.2 Å². The summed E-state index contributed by atoms with van der Waals surface area (Å²) in [6, 6.07) is 8.49. The van der Waals surface area contributed by atoms with Gasteiger partial charge in [-0.25, -0.2) is 0 Å². The van der Waals surface area contributed by atoms with Gasteiger partial charge < -0.3 is 10.3 Å². The van der Waals surface area contributed by atoms with E-state index in [1.54, 1.807) is 0 Å². The normalized spacial score (nSPS) is 18.4. The minimum absolute atomic E-state index is 0.683. The average Bonchev–Trinajstić information content (AvgIpc) is 2.74. The van der Waals surface area contributed by atoms with Crippen LogP contribution in [0.5, 0.6) is 0 Å². The maximum Gasteiger partial charge on any atom is 0.0669 e. The van der Waals surface area contributed by atoms with E-state index in [4.69, 9.17) is 0 Å². The SMILES string of the molecule is [c]1[nH]c2ccccc2c1C1CCNCC1. The molecule has 2 heteroatoms. The Morgan fingerprint density at radius 3 is 2.80 bits per heavy atom. The molecule has 3 rings (SSSR count). The first-order valence-corrected chi connectivity index (χ1v) is 5.64. The van der Waals surface area contributed by atoms with Gasteiger partial charge in [-0.05, 0) is 43.5 Å². The molecule has 0 bridgehead atoms. The van der Waals surface area contributed by atoms with Crippen LogP contribution >= 0.6 is 0 Å². The Kier molecular flexibility index (Phi) is 2.22. The Hall–Kier alpha value is -1.28. The molecule has 2 nitrogen and oxygen atoms in total. The van der Waals surface area contributed by atoms with Crippen molar-refractivity contribution in [2.45, 2.75) is 18.8 Å². The number of fused-ring (bicyclic) bond motifs is 1. The van der Waals surface area contributed by atoms with Crippen LogP contribution in [0, 0.1) is 6.20 Å². The maximum absolute atomic E-state index is 3.40. The molecule has 1 aromatic heterocycles. The molecule has 1 saturated heterocycles. The fourth-order valence-corrected chi connectivity index (χ4v) is 2.46. The Morgan fingerprint density at radius 1 is 1.13 bits per heavy atom. The second kappa shape index (κ2) is 3.70. The van der Waals surface area contributed by atoms with Gasteiger partial charge in [0.2, 0.25) is 0 Å². The highest BCUT2D eigenvalue weighted by molar-refractivity contribution is 5.83. The zero-order chi connectivity index (χ0) is 10.1. The van der Waals surface area contributed by atoms with Crippen LogP contribution in [0.3, 0.4) is 0 Å². The first-order chi connectivity index (χ1) is 7.45. The molecule has 1 radical (unpaired) electrons. The lowest BCUT2D eigenvalue weighted by atomic mass is 9.90. The van der Waals surface area contributed by atoms with E-state index in [1.165, 1.54) is 29.3 Å². The second-order valence-electron chi connectivity index (χ2n) is 4.23. The van der Waals surface area contributed by atoms with Crippen molar-refractivity contribution in [3.8, 4) is 0 Å². The molecule has 1 aliphatic rings. The van der Waals surface area contributed by atoms with E-state index in [0.717, 1.165) is 13.1 Å². The lowest BCUT2D eigenvalue weighted by molar-refractivity contribution is 0.462. The van der Waals surface area contributed by atoms with E-state index in [0.29, 0.717) is 5.92 Å². The molecule has 0 aliphatic carbocycles. The van der Waals surface area contributed by atoms with E-state index in [-0.39, 0.29) is 0 Å². The number of piperidine rings is 1. The molecule has 0 unspecified atom stereocenters. The topological polar surface area (TPSA) is 27.8 Å². The van der Waals surface area contributed by atoms with Gasteiger partial charge in [-0.15, -0.1) is 0 Å². The van der Waals surface area contributed by atoms with Crippen molar-refractivity contribution in [3.05, 3.63) is 36.0 Å². The monoisotopic (exact) mass is 199 g/mol. The minimum Gasteiger partial charge on any atom is -0.353 e. The van der Waals surface area contributed by atoms with Gasteiger partial charge in [-0.2, -0.15) is 0 Å². The first-order valence-electron chi connectivity index (χ1n) is 5.64. The predicted octanol–water partition coefficient (Wildman–Crippen LogP) is 2.44. The van der Waals surface area contributed by atoms with Crippen LogP contribution in [0.1, 0.15) is 24.3 Å². The van der Waals surface area contributed by atoms with Gasteiger partial charge in [-0.3, -0.25) is 0 Å². The molecular formula is C13H15N2. The summed E-state index contributed by atoms with van der Waals surface area (Å²) in [5.74, 6) is 0.683. The van der Waals surface area contributed by atoms with E-state index in [9.17, 15) is 0 Å². The molecule has 2 heterocycles. The van der Waals surface area contributed by atoms with Crippen LogP contribution in [0.2, 0.25) is 0 Å². The van der Waals surface area contributed by atoms with Gasteiger partial charge in [0.1, 0.15) is 0 Å². The molecule has 1 aromatic carbocycles. The Bertz CT molecular complexity index is 452. The smallest absolute Gasteiger partial charge is 0.0669 e. The summed E-state index contributed by atoms with van der Waals surface area (Å²) in [6.07, 6.45) is 5.80. The van der Waals surface area contributed by atoms with Crippen molar-refractivity contribution in [2.24, 2.45) is 0 Å². The van der Waals surface area contributed by atoms with Crippen molar-refractivity contribution >= 4 is 10.9 Å². The highest BCUT2D eigenvalue weighted by Crippen LogP contribution is 2.30. The molecule has 1 aliphatic heterocycles. The largest absolute Gasteiger partial charge is 0.353 e. The minimum atomic E-state index is 0.683. The fraction of sp³-hybridized carbons (Fsp3) is 0.385. The number of aromatic nitrogens is 1. The fourth-order valence-electron chi connectivity index (χ4n) is 2.46. The molecule has 2 N–H and O–H groups in total. The molecule has 1 fully saturated rings. The van der Waals surface area contributed by atoms with Gasteiger partial charge >= 0.3 is 0 Å². The summed E-state index contributed by atoms with van der Waals surface area (Å²) in [4.78, 5) is 3.24. The molecule has 0 saturated carbocycles. The van der Waals surface area contributed by atoms with Crippen LogP contribution in [-0.2, 0) is 0 Å². The summed E-state index contributed by atoms with van der Waals surface area (Å²) in [7, 11) is 0. The third kappa shape index (κ3) is 1.55. The zero-order valence-corrected chi connectivity index (χ0v) is 8.72. The van der Waals surface area contributed by atoms with Gasteiger partial charge in [0.15, 0.2) is 0 Å². The van der Waals surface area contributed by atoms with Gasteiger partial charge in [0, 0.05) is 10.9 Å². The number of nitrogens with one attached hydrogen (secondary N) is 2. The van der Waals surface area contributed by atoms with Crippen molar-refractivity contribution in [1.82, 2.24) is 10.3 Å². The molecular weight excluding hydrogens is 184 g/mol. The number of para-hydroxylation sites is 1. The lowest BCUT2D eigenvalue weighted by Gasteiger charge is -2.21. The van der Waals surface area contributed by atoms with Gasteiger partial charge in [0.25, 0.3) is 0 Å². The molecule has 15 heavy (non-hydrogen) atoms. The standard InChI is InChI=1S/C13H15N2/c1-2-4-13-11(3-1)12(9-15-13)10-5-7-14-8-6-10/h1-4,10,14-15H,5-8H2. The lowest BCUT2D eigenvalue weighted by Crippen LogP contribution is -2.26. The quantitative estimate of drug-likeness (QED) is 0.725. The van der Waals surface area contributed by atoms with Crippen LogP contribution in [0.15, 0.2) is 24.3 Å². The Balaban J connectivity index is 2.02. The summed E-state index contributed by atoms with van der Waals surface area (Å²) >= 11 is 0. The molecule has 0 atom stereocenters. The average molecular weight is 199 g/mol. The molecule has 0 amide bonds. The number of benzene rings is 1. The van der Waals surface area contributed by atoms with E-state index in [1.807, 2.05) is 0 Å². The predicted molar refractivity (Wildman–Crippen MR) is 62.0 cm³/mol. The van der Waals surface area contributed by atoms with E-state index < -0.39 is 0 Å². The van der Waals surface area contributed by atoms with E-state index in [2.05, 4.69) is 40.8 Å². The molecule has 77 valence electrons. The Morgan fingerprint density at radius 2 is 1.93 bits per heavy atom. The number of hydrogen-bond acceptors (Lipinski definition) is 1. The highest BCUT2D eigenvalue weighted by Gasteiger charge is 2.18. The Labute approximate surface area is 89.7 Å². The molecule has 0 spiro atoms. The van der Waals surface area contributed by atoms with Crippen LogP contribution in [0.4, 0.5) is 0 Å². The summed E-state index contributed by atoms with van der Waals surface area (Å²) < 4.78 is 0. The number of H-pyrrole nitrogens is 1. The van der Waals surface area contributed by atoms with Crippen molar-refractivity contribution in [3.63, 3.8) is 0 Å². The van der Waals surface area contributed by atoms with Crippen molar-refractivity contribution in [1.29, 1.82) is 0 Å². The van der Waals surface area contributed by atoms with Crippen molar-refractivity contribution < 1.29 is 0 Å². The third-order valence-corrected chi connectivity index (χ3v) is 3.30. The van der Waals surface area contributed by atoms with Crippen LogP contribution in [0.25, 0.3) is 10.9 Å².